The Balaban J connectivity index is 1.44. The molecule has 6 rings (SSSR count). The minimum Gasteiger partial charge on any atom is -0.350 e. The maximum absolute atomic E-state index is 5.74. The molecule has 3 heterocycles. The summed E-state index contributed by atoms with van der Waals surface area (Å²) in [6, 6.07) is 27.0. The Morgan fingerprint density at radius 2 is 1.56 bits per heavy atom. The van der Waals surface area contributed by atoms with Crippen molar-refractivity contribution >= 4 is 11.2 Å². The second-order valence-electron chi connectivity index (χ2n) is 10.5. The molecule has 3 aromatic carbocycles. The van der Waals surface area contributed by atoms with E-state index in [-0.39, 0.29) is 0 Å². The van der Waals surface area contributed by atoms with Crippen LogP contribution in [0.3, 0.4) is 0 Å². The number of benzene rings is 3. The highest BCUT2D eigenvalue weighted by molar-refractivity contribution is 5.86. The normalized spacial score (nSPS) is 11.6. The van der Waals surface area contributed by atoms with E-state index in [9.17, 15) is 0 Å². The first kappa shape index (κ1) is 28.4. The second-order valence-corrected chi connectivity index (χ2v) is 10.5. The molecule has 9 nitrogen and oxygen atoms in total. The minimum atomic E-state index is -0.612. The zero-order valence-electron chi connectivity index (χ0n) is 24.9. The highest BCUT2D eigenvalue weighted by atomic mass is 16.7. The average molecular weight is 574 g/mol. The summed E-state index contributed by atoms with van der Waals surface area (Å²) >= 11 is 0. The van der Waals surface area contributed by atoms with Crippen LogP contribution in [0.5, 0.6) is 0 Å². The van der Waals surface area contributed by atoms with Crippen molar-refractivity contribution in [3.8, 4) is 33.6 Å². The molecule has 9 heteroatoms. The van der Waals surface area contributed by atoms with E-state index >= 15 is 0 Å². The van der Waals surface area contributed by atoms with Gasteiger partial charge in [0.1, 0.15) is 17.0 Å². The Labute approximate surface area is 250 Å². The summed E-state index contributed by atoms with van der Waals surface area (Å²) in [5.41, 5.74) is 9.83. The van der Waals surface area contributed by atoms with Crippen molar-refractivity contribution in [2.45, 2.75) is 45.9 Å². The van der Waals surface area contributed by atoms with Crippen LogP contribution in [0.15, 0.2) is 78.9 Å². The van der Waals surface area contributed by atoms with Gasteiger partial charge in [0.05, 0.1) is 6.54 Å². The summed E-state index contributed by atoms with van der Waals surface area (Å²) in [6.45, 7) is 4.97. The monoisotopic (exact) mass is 573 g/mol. The maximum atomic E-state index is 5.74. The SMILES string of the molecule is CCCCc1nc2c(C)c(-c3ccccc3)c(C(OC)OC)nc2n1Cc1ccc(-c2ccccc2-c2nn[nH]n2)cc1. The first-order valence-electron chi connectivity index (χ1n) is 14.6. The number of imidazole rings is 1. The molecule has 0 amide bonds. The van der Waals surface area contributed by atoms with Crippen LogP contribution in [0.4, 0.5) is 0 Å². The van der Waals surface area contributed by atoms with E-state index in [0.29, 0.717) is 12.4 Å². The van der Waals surface area contributed by atoms with E-state index < -0.39 is 6.29 Å². The predicted octanol–water partition coefficient (Wildman–Crippen LogP) is 6.94. The van der Waals surface area contributed by atoms with E-state index in [1.807, 2.05) is 36.4 Å². The third kappa shape index (κ3) is 5.57. The zero-order valence-corrected chi connectivity index (χ0v) is 24.9. The number of ether oxygens (including phenoxy) is 2. The van der Waals surface area contributed by atoms with Gasteiger partial charge in [-0.05, 0) is 46.4 Å². The first-order chi connectivity index (χ1) is 21.1. The molecule has 0 radical (unpaired) electrons. The summed E-state index contributed by atoms with van der Waals surface area (Å²) in [5, 5.41) is 14.7. The molecule has 0 aliphatic rings. The highest BCUT2D eigenvalue weighted by Crippen LogP contribution is 2.36. The van der Waals surface area contributed by atoms with E-state index in [2.05, 4.69) is 81.5 Å². The van der Waals surface area contributed by atoms with Gasteiger partial charge in [-0.15, -0.1) is 10.2 Å². The smallest absolute Gasteiger partial charge is 0.205 e. The Morgan fingerprint density at radius 1 is 0.837 bits per heavy atom. The van der Waals surface area contributed by atoms with Gasteiger partial charge in [0.2, 0.25) is 12.1 Å². The van der Waals surface area contributed by atoms with Crippen LogP contribution in [0.2, 0.25) is 0 Å². The molecule has 0 unspecified atom stereocenters. The quantitative estimate of drug-likeness (QED) is 0.168. The Hall–Kier alpha value is -4.73. The van der Waals surface area contributed by atoms with Crippen molar-refractivity contribution in [2.24, 2.45) is 0 Å². The van der Waals surface area contributed by atoms with Crippen LogP contribution in [0.1, 0.15) is 48.7 Å². The molecule has 43 heavy (non-hydrogen) atoms. The Bertz CT molecular complexity index is 1810. The molecule has 0 aliphatic carbocycles. The predicted molar refractivity (Wildman–Crippen MR) is 167 cm³/mol. The van der Waals surface area contributed by atoms with Gasteiger partial charge in [-0.3, -0.25) is 0 Å². The van der Waals surface area contributed by atoms with Gasteiger partial charge in [0.25, 0.3) is 0 Å². The van der Waals surface area contributed by atoms with Crippen molar-refractivity contribution in [2.75, 3.05) is 14.2 Å². The summed E-state index contributed by atoms with van der Waals surface area (Å²) in [5.74, 6) is 1.60. The molecule has 0 saturated carbocycles. The molecule has 0 saturated heterocycles. The van der Waals surface area contributed by atoms with E-state index in [1.165, 1.54) is 0 Å². The van der Waals surface area contributed by atoms with Gasteiger partial charge in [0.15, 0.2) is 5.65 Å². The lowest BCUT2D eigenvalue weighted by atomic mass is 9.97. The van der Waals surface area contributed by atoms with Gasteiger partial charge in [-0.2, -0.15) is 5.21 Å². The van der Waals surface area contributed by atoms with Crippen molar-refractivity contribution in [1.29, 1.82) is 0 Å². The molecular weight excluding hydrogens is 538 g/mol. The van der Waals surface area contributed by atoms with Gasteiger partial charge in [0, 0.05) is 31.8 Å². The van der Waals surface area contributed by atoms with Crippen LogP contribution >= 0.6 is 0 Å². The topological polar surface area (TPSA) is 104 Å². The summed E-state index contributed by atoms with van der Waals surface area (Å²) in [4.78, 5) is 10.4. The summed E-state index contributed by atoms with van der Waals surface area (Å²) in [6.07, 6.45) is 2.39. The number of tetrazole rings is 1. The Morgan fingerprint density at radius 3 is 2.23 bits per heavy atom. The number of H-pyrrole nitrogens is 1. The molecule has 0 aliphatic heterocycles. The molecule has 218 valence electrons. The van der Waals surface area contributed by atoms with Crippen LogP contribution in [0, 0.1) is 6.92 Å². The number of nitrogens with one attached hydrogen (secondary N) is 1. The number of aryl methyl sites for hydroxylation is 2. The second kappa shape index (κ2) is 12.6. The van der Waals surface area contributed by atoms with Crippen molar-refractivity contribution < 1.29 is 9.47 Å². The molecule has 0 atom stereocenters. The number of fused-ring (bicyclic) bond motifs is 1. The number of methoxy groups -OCH3 is 2. The van der Waals surface area contributed by atoms with Crippen LogP contribution in [0.25, 0.3) is 44.8 Å². The molecule has 0 bridgehead atoms. The third-order valence-electron chi connectivity index (χ3n) is 7.82. The number of nitrogens with zero attached hydrogens (tertiary/aromatic N) is 6. The molecular formula is C34H35N7O2. The summed E-state index contributed by atoms with van der Waals surface area (Å²) in [7, 11) is 3.29. The van der Waals surface area contributed by atoms with Crippen molar-refractivity contribution in [1.82, 2.24) is 35.2 Å². The first-order valence-corrected chi connectivity index (χ1v) is 14.6. The standard InChI is InChI=1S/C34H35N7O2/c1-5-6-16-28-35-30-22(2)29(25-12-8-7-9-13-25)31(34(42-3)43-4)36-33(30)41(28)21-23-17-19-24(20-18-23)26-14-10-11-15-27(26)32-37-39-40-38-32/h7-15,17-20,34H,5-6,16,21H2,1-4H3,(H,37,38,39,40). The summed E-state index contributed by atoms with van der Waals surface area (Å²) < 4.78 is 13.7. The Kier molecular flexibility index (Phi) is 8.35. The number of aromatic nitrogens is 7. The van der Waals surface area contributed by atoms with E-state index in [0.717, 1.165) is 80.9 Å². The average Bonchev–Trinajstić information content (AvgIpc) is 3.71. The van der Waals surface area contributed by atoms with Crippen LogP contribution < -0.4 is 0 Å². The fourth-order valence-corrected chi connectivity index (χ4v) is 5.66. The molecule has 6 aromatic rings. The van der Waals surface area contributed by atoms with E-state index in [4.69, 9.17) is 19.4 Å². The highest BCUT2D eigenvalue weighted by Gasteiger charge is 2.25. The number of rotatable bonds is 11. The zero-order chi connectivity index (χ0) is 29.8. The van der Waals surface area contributed by atoms with Gasteiger partial charge >= 0.3 is 0 Å². The lowest BCUT2D eigenvalue weighted by Gasteiger charge is -2.19. The fraction of sp³-hybridized carbons (Fsp3) is 0.265. The van der Waals surface area contributed by atoms with Crippen molar-refractivity contribution in [3.05, 3.63) is 102 Å². The molecule has 3 aromatic heterocycles. The third-order valence-corrected chi connectivity index (χ3v) is 7.82. The van der Waals surface area contributed by atoms with Gasteiger partial charge in [-0.25, -0.2) is 9.97 Å². The van der Waals surface area contributed by atoms with Crippen LogP contribution in [-0.2, 0) is 22.4 Å². The molecule has 1 N–H and O–H groups in total. The number of hydrogen-bond donors (Lipinski definition) is 1. The largest absolute Gasteiger partial charge is 0.350 e. The molecule has 0 spiro atoms. The van der Waals surface area contributed by atoms with E-state index in [1.54, 1.807) is 14.2 Å². The fourth-order valence-electron chi connectivity index (χ4n) is 5.66. The number of hydrogen-bond acceptors (Lipinski definition) is 7. The van der Waals surface area contributed by atoms with Gasteiger partial charge in [-0.1, -0.05) is 92.2 Å². The van der Waals surface area contributed by atoms with Crippen molar-refractivity contribution in [3.63, 3.8) is 0 Å². The lowest BCUT2D eigenvalue weighted by Crippen LogP contribution is -2.12. The van der Waals surface area contributed by atoms with Gasteiger partial charge < -0.3 is 14.0 Å². The lowest BCUT2D eigenvalue weighted by molar-refractivity contribution is -0.108. The maximum Gasteiger partial charge on any atom is 0.205 e. The molecule has 0 fully saturated rings. The number of aromatic amines is 1. The number of unbranched alkanes of at least 4 members (excludes halogenated alkanes) is 1. The minimum absolute atomic E-state index is 0.572. The van der Waals surface area contributed by atoms with Crippen LogP contribution in [-0.4, -0.2) is 49.4 Å². The number of pyridine rings is 1.